The van der Waals surface area contributed by atoms with Crippen molar-refractivity contribution in [3.05, 3.63) is 65.4 Å². The van der Waals surface area contributed by atoms with Crippen LogP contribution in [0.2, 0.25) is 0 Å². The number of rotatable bonds is 8. The number of phenols is 1. The molecule has 0 aliphatic carbocycles. The van der Waals surface area contributed by atoms with E-state index in [-0.39, 0.29) is 12.4 Å². The zero-order chi connectivity index (χ0) is 19.1. The van der Waals surface area contributed by atoms with Crippen LogP contribution >= 0.6 is 0 Å². The highest BCUT2D eigenvalue weighted by molar-refractivity contribution is 5.84. The number of aromatic nitrogens is 1. The van der Waals surface area contributed by atoms with Crippen LogP contribution in [0.1, 0.15) is 36.5 Å². The number of fused-ring (bicyclic) bond motifs is 1. The van der Waals surface area contributed by atoms with E-state index in [9.17, 15) is 9.90 Å². The fraction of sp³-hybridized carbons (Fsp3) is 0.318. The highest BCUT2D eigenvalue weighted by Crippen LogP contribution is 2.23. The molecule has 0 aliphatic heterocycles. The Bertz CT molecular complexity index is 884. The number of aromatic amines is 1. The molecule has 1 heterocycles. The lowest BCUT2D eigenvalue weighted by Crippen LogP contribution is -2.26. The molecule has 3 rings (SSSR count). The molecular formula is C22H26N2O3. The first kappa shape index (κ1) is 18.8. The summed E-state index contributed by atoms with van der Waals surface area (Å²) in [7, 11) is 0. The van der Waals surface area contributed by atoms with Gasteiger partial charge in [0.15, 0.2) is 0 Å². The van der Waals surface area contributed by atoms with E-state index in [0.29, 0.717) is 13.0 Å². The van der Waals surface area contributed by atoms with Crippen LogP contribution in [0.25, 0.3) is 10.9 Å². The predicted octanol–water partition coefficient (Wildman–Crippen LogP) is 4.69. The van der Waals surface area contributed by atoms with Gasteiger partial charge in [0.05, 0.1) is 0 Å². The molecule has 0 radical (unpaired) electrons. The minimum Gasteiger partial charge on any atom is -0.508 e. The molecule has 0 bridgehead atoms. The maximum Gasteiger partial charge on any atom is 0.407 e. The van der Waals surface area contributed by atoms with Gasteiger partial charge in [-0.25, -0.2) is 4.79 Å². The molecular weight excluding hydrogens is 340 g/mol. The fourth-order valence-corrected chi connectivity index (χ4v) is 3.06. The Morgan fingerprint density at radius 2 is 1.89 bits per heavy atom. The zero-order valence-electron chi connectivity index (χ0n) is 15.6. The number of hydrogen-bond acceptors (Lipinski definition) is 3. The van der Waals surface area contributed by atoms with Gasteiger partial charge in [0.1, 0.15) is 12.4 Å². The minimum absolute atomic E-state index is 0.233. The highest BCUT2D eigenvalue weighted by atomic mass is 16.5. The monoisotopic (exact) mass is 366 g/mol. The van der Waals surface area contributed by atoms with E-state index in [0.717, 1.165) is 28.5 Å². The van der Waals surface area contributed by atoms with Crippen molar-refractivity contribution in [1.82, 2.24) is 10.3 Å². The third kappa shape index (κ3) is 5.26. The van der Waals surface area contributed by atoms with Crippen LogP contribution in [-0.2, 0) is 24.2 Å². The number of nitrogens with one attached hydrogen (secondary N) is 2. The Labute approximate surface area is 159 Å². The van der Waals surface area contributed by atoms with Crippen molar-refractivity contribution < 1.29 is 14.6 Å². The number of H-pyrrole nitrogens is 1. The molecule has 0 atom stereocenters. The number of hydrogen-bond donors (Lipinski definition) is 3. The molecule has 142 valence electrons. The predicted molar refractivity (Wildman–Crippen MR) is 107 cm³/mol. The van der Waals surface area contributed by atoms with Crippen LogP contribution < -0.4 is 5.32 Å². The zero-order valence-corrected chi connectivity index (χ0v) is 15.6. The second-order valence-electron chi connectivity index (χ2n) is 6.72. The van der Waals surface area contributed by atoms with Crippen molar-refractivity contribution >= 4 is 17.0 Å². The molecule has 1 amide bonds. The van der Waals surface area contributed by atoms with Gasteiger partial charge in [-0.3, -0.25) is 0 Å². The number of phenolic OH excluding ortho intramolecular Hbond substituents is 1. The van der Waals surface area contributed by atoms with Crippen LogP contribution in [0.3, 0.4) is 0 Å². The van der Waals surface area contributed by atoms with E-state index < -0.39 is 6.09 Å². The Morgan fingerprint density at radius 3 is 2.67 bits per heavy atom. The summed E-state index contributed by atoms with van der Waals surface area (Å²) >= 11 is 0. The molecule has 5 nitrogen and oxygen atoms in total. The highest BCUT2D eigenvalue weighted by Gasteiger charge is 2.07. The third-order valence-corrected chi connectivity index (χ3v) is 4.63. The molecule has 0 saturated carbocycles. The van der Waals surface area contributed by atoms with Crippen molar-refractivity contribution in [3.8, 4) is 5.75 Å². The summed E-state index contributed by atoms with van der Waals surface area (Å²) in [6.45, 7) is 2.92. The maximum absolute atomic E-state index is 11.9. The van der Waals surface area contributed by atoms with Crippen molar-refractivity contribution in [1.29, 1.82) is 0 Å². The quantitative estimate of drug-likeness (QED) is 0.542. The van der Waals surface area contributed by atoms with Crippen molar-refractivity contribution in [2.45, 2.75) is 39.2 Å². The molecule has 1 aromatic heterocycles. The number of carbonyl (C=O) groups is 1. The Hall–Kier alpha value is -2.95. The summed E-state index contributed by atoms with van der Waals surface area (Å²) in [5.41, 5.74) is 4.31. The first-order valence-corrected chi connectivity index (χ1v) is 9.43. The number of aromatic hydroxyl groups is 1. The molecule has 0 spiro atoms. The summed E-state index contributed by atoms with van der Waals surface area (Å²) in [4.78, 5) is 15.1. The van der Waals surface area contributed by atoms with Gasteiger partial charge in [-0.1, -0.05) is 37.6 Å². The van der Waals surface area contributed by atoms with Crippen LogP contribution in [0, 0.1) is 0 Å². The fourth-order valence-electron chi connectivity index (χ4n) is 3.06. The number of amides is 1. The van der Waals surface area contributed by atoms with Gasteiger partial charge in [0.25, 0.3) is 0 Å². The second kappa shape index (κ2) is 9.12. The molecule has 3 N–H and O–H groups in total. The Balaban J connectivity index is 1.42. The van der Waals surface area contributed by atoms with Crippen molar-refractivity contribution in [3.63, 3.8) is 0 Å². The molecule has 0 saturated heterocycles. The maximum atomic E-state index is 11.9. The normalized spacial score (nSPS) is 10.9. The van der Waals surface area contributed by atoms with Crippen LogP contribution in [0.5, 0.6) is 5.75 Å². The van der Waals surface area contributed by atoms with E-state index in [4.69, 9.17) is 4.74 Å². The van der Waals surface area contributed by atoms with E-state index >= 15 is 0 Å². The van der Waals surface area contributed by atoms with Crippen LogP contribution in [0.15, 0.2) is 48.7 Å². The standard InChI is InChI=1S/C22H26N2O3/c1-2-3-4-16-5-7-17(8-6-16)15-27-22(26)23-12-11-18-14-24-21-10-9-19(25)13-20(18)21/h5-10,13-14,24-25H,2-4,11-12,15H2,1H3,(H,23,26). The summed E-state index contributed by atoms with van der Waals surface area (Å²) in [6.07, 6.45) is 5.60. The molecule has 27 heavy (non-hydrogen) atoms. The van der Waals surface area contributed by atoms with Gasteiger partial charge in [0.2, 0.25) is 0 Å². The minimum atomic E-state index is -0.423. The van der Waals surface area contributed by atoms with Gasteiger partial charge >= 0.3 is 6.09 Å². The average Bonchev–Trinajstić information content (AvgIpc) is 3.07. The van der Waals surface area contributed by atoms with Gasteiger partial charge in [-0.15, -0.1) is 0 Å². The first-order chi connectivity index (χ1) is 13.2. The largest absolute Gasteiger partial charge is 0.508 e. The number of carbonyl (C=O) groups excluding carboxylic acids is 1. The van der Waals surface area contributed by atoms with Gasteiger partial charge < -0.3 is 20.1 Å². The number of alkyl carbamates (subject to hydrolysis) is 1. The Morgan fingerprint density at radius 1 is 1.11 bits per heavy atom. The summed E-state index contributed by atoms with van der Waals surface area (Å²) in [5.74, 6) is 0.233. The van der Waals surface area contributed by atoms with Gasteiger partial charge in [0, 0.05) is 23.6 Å². The van der Waals surface area contributed by atoms with E-state index in [1.54, 1.807) is 12.1 Å². The summed E-state index contributed by atoms with van der Waals surface area (Å²) in [6, 6.07) is 13.4. The number of aryl methyl sites for hydroxylation is 1. The Kier molecular flexibility index (Phi) is 6.36. The lowest BCUT2D eigenvalue weighted by atomic mass is 10.1. The number of ether oxygens (including phenoxy) is 1. The van der Waals surface area contributed by atoms with E-state index in [1.165, 1.54) is 18.4 Å². The SMILES string of the molecule is CCCCc1ccc(COC(=O)NCCc2c[nH]c3ccc(O)cc23)cc1. The van der Waals surface area contributed by atoms with E-state index in [2.05, 4.69) is 29.4 Å². The van der Waals surface area contributed by atoms with Crippen molar-refractivity contribution in [2.75, 3.05) is 6.54 Å². The third-order valence-electron chi connectivity index (χ3n) is 4.63. The topological polar surface area (TPSA) is 74.3 Å². The van der Waals surface area contributed by atoms with Crippen LogP contribution in [0.4, 0.5) is 4.79 Å². The molecule has 3 aromatic rings. The van der Waals surface area contributed by atoms with E-state index in [1.807, 2.05) is 24.4 Å². The molecule has 2 aromatic carbocycles. The smallest absolute Gasteiger partial charge is 0.407 e. The number of unbranched alkanes of at least 4 members (excludes halogenated alkanes) is 1. The molecule has 0 aliphatic rings. The number of benzene rings is 2. The average molecular weight is 366 g/mol. The lowest BCUT2D eigenvalue weighted by Gasteiger charge is -2.08. The van der Waals surface area contributed by atoms with Crippen LogP contribution in [-0.4, -0.2) is 22.7 Å². The molecule has 0 fully saturated rings. The molecule has 0 unspecified atom stereocenters. The van der Waals surface area contributed by atoms with Gasteiger partial charge in [-0.2, -0.15) is 0 Å². The molecule has 5 heteroatoms. The summed E-state index contributed by atoms with van der Waals surface area (Å²) in [5, 5.41) is 13.4. The second-order valence-corrected chi connectivity index (χ2v) is 6.72. The first-order valence-electron chi connectivity index (χ1n) is 9.43. The van der Waals surface area contributed by atoms with Gasteiger partial charge in [-0.05, 0) is 54.2 Å². The summed E-state index contributed by atoms with van der Waals surface area (Å²) < 4.78 is 5.28. The van der Waals surface area contributed by atoms with Crippen molar-refractivity contribution in [2.24, 2.45) is 0 Å². The lowest BCUT2D eigenvalue weighted by molar-refractivity contribution is 0.140.